The summed E-state index contributed by atoms with van der Waals surface area (Å²) >= 11 is 0. The van der Waals surface area contributed by atoms with Gasteiger partial charge in [0.25, 0.3) is 0 Å². The molecule has 0 aromatic heterocycles. The van der Waals surface area contributed by atoms with Gasteiger partial charge < -0.3 is 10.0 Å². The van der Waals surface area contributed by atoms with Gasteiger partial charge in [0.15, 0.2) is 0 Å². The Morgan fingerprint density at radius 2 is 1.62 bits per heavy atom. The van der Waals surface area contributed by atoms with Crippen LogP contribution in [0.3, 0.4) is 0 Å². The van der Waals surface area contributed by atoms with E-state index in [-0.39, 0.29) is 6.10 Å². The molecule has 2 rings (SSSR count). The van der Waals surface area contributed by atoms with Crippen molar-refractivity contribution in [2.75, 3.05) is 19.6 Å². The lowest BCUT2D eigenvalue weighted by Crippen LogP contribution is -2.30. The first-order valence-electron chi connectivity index (χ1n) is 5.75. The van der Waals surface area contributed by atoms with Crippen LogP contribution in [0.5, 0.6) is 0 Å². The fraction of sp³-hybridized carbons (Fsp3) is 1.00. The summed E-state index contributed by atoms with van der Waals surface area (Å²) in [4.78, 5) is 2.60. The number of rotatable bonds is 2. The van der Waals surface area contributed by atoms with Gasteiger partial charge >= 0.3 is 0 Å². The monoisotopic (exact) mass is 183 g/mol. The lowest BCUT2D eigenvalue weighted by atomic mass is 9.87. The molecule has 1 heterocycles. The maximum atomic E-state index is 9.37. The van der Waals surface area contributed by atoms with Crippen molar-refractivity contribution in [1.29, 1.82) is 0 Å². The van der Waals surface area contributed by atoms with Crippen molar-refractivity contribution in [1.82, 2.24) is 4.90 Å². The summed E-state index contributed by atoms with van der Waals surface area (Å²) in [6.07, 6.45) is 7.38. The number of likely N-dealkylation sites (tertiary alicyclic amines) is 1. The van der Waals surface area contributed by atoms with Gasteiger partial charge in [0.1, 0.15) is 0 Å². The van der Waals surface area contributed by atoms with E-state index >= 15 is 0 Å². The van der Waals surface area contributed by atoms with Crippen molar-refractivity contribution < 1.29 is 5.11 Å². The van der Waals surface area contributed by atoms with Gasteiger partial charge in [-0.15, -0.1) is 0 Å². The van der Waals surface area contributed by atoms with Gasteiger partial charge in [-0.25, -0.2) is 0 Å². The molecule has 1 N–H and O–H groups in total. The van der Waals surface area contributed by atoms with E-state index in [2.05, 4.69) is 4.90 Å². The van der Waals surface area contributed by atoms with Gasteiger partial charge in [0.05, 0.1) is 6.10 Å². The van der Waals surface area contributed by atoms with Crippen molar-refractivity contribution in [2.24, 2.45) is 5.92 Å². The Kier molecular flexibility index (Phi) is 3.23. The molecule has 76 valence electrons. The molecule has 0 aromatic rings. The average Bonchev–Trinajstić information content (AvgIpc) is 2.62. The van der Waals surface area contributed by atoms with Crippen LogP contribution in [0.15, 0.2) is 0 Å². The Hall–Kier alpha value is -0.0800. The highest BCUT2D eigenvalue weighted by atomic mass is 16.3. The molecule has 2 fully saturated rings. The van der Waals surface area contributed by atoms with Crippen LogP contribution in [0.2, 0.25) is 0 Å². The number of hydrogen-bond donors (Lipinski definition) is 1. The standard InChI is InChI=1S/C11H21NO/c13-11-5-3-10(4-6-11)9-12-7-1-2-8-12/h10-11,13H,1-9H2. The molecule has 0 amide bonds. The van der Waals surface area contributed by atoms with Gasteiger partial charge in [-0.1, -0.05) is 0 Å². The minimum atomic E-state index is 0.00910. The quantitative estimate of drug-likeness (QED) is 0.703. The molecule has 1 aliphatic carbocycles. The van der Waals surface area contributed by atoms with Crippen LogP contribution in [0, 0.1) is 5.92 Å². The Morgan fingerprint density at radius 3 is 2.23 bits per heavy atom. The number of aliphatic hydroxyl groups excluding tert-OH is 1. The van der Waals surface area contributed by atoms with E-state index in [1.807, 2.05) is 0 Å². The van der Waals surface area contributed by atoms with E-state index in [0.717, 1.165) is 18.8 Å². The van der Waals surface area contributed by atoms with Crippen LogP contribution in [0.4, 0.5) is 0 Å². The maximum Gasteiger partial charge on any atom is 0.0540 e. The highest BCUT2D eigenvalue weighted by Gasteiger charge is 2.22. The van der Waals surface area contributed by atoms with E-state index in [0.29, 0.717) is 0 Å². The highest BCUT2D eigenvalue weighted by molar-refractivity contribution is 4.76. The topological polar surface area (TPSA) is 23.5 Å². The summed E-state index contributed by atoms with van der Waals surface area (Å²) in [5.41, 5.74) is 0. The molecule has 0 aromatic carbocycles. The number of nitrogens with zero attached hydrogens (tertiary/aromatic N) is 1. The zero-order valence-electron chi connectivity index (χ0n) is 8.41. The van der Waals surface area contributed by atoms with Crippen LogP contribution in [-0.4, -0.2) is 35.7 Å². The van der Waals surface area contributed by atoms with Gasteiger partial charge in [-0.05, 0) is 57.5 Å². The Labute approximate surface area is 80.9 Å². The summed E-state index contributed by atoms with van der Waals surface area (Å²) in [5, 5.41) is 9.37. The van der Waals surface area contributed by atoms with Crippen molar-refractivity contribution >= 4 is 0 Å². The second-order valence-corrected chi connectivity index (χ2v) is 4.68. The molecule has 1 saturated heterocycles. The molecule has 2 aliphatic rings. The molecule has 1 saturated carbocycles. The molecule has 0 radical (unpaired) electrons. The minimum absolute atomic E-state index is 0.00910. The second kappa shape index (κ2) is 4.43. The molecular weight excluding hydrogens is 162 g/mol. The van der Waals surface area contributed by atoms with E-state index in [9.17, 15) is 5.11 Å². The van der Waals surface area contributed by atoms with Crippen LogP contribution in [0.1, 0.15) is 38.5 Å². The lowest BCUT2D eigenvalue weighted by molar-refractivity contribution is 0.0975. The van der Waals surface area contributed by atoms with Crippen molar-refractivity contribution in [3.8, 4) is 0 Å². The molecule has 0 unspecified atom stereocenters. The molecule has 2 heteroatoms. The number of aliphatic hydroxyl groups is 1. The second-order valence-electron chi connectivity index (χ2n) is 4.68. The highest BCUT2D eigenvalue weighted by Crippen LogP contribution is 2.25. The predicted molar refractivity (Wildman–Crippen MR) is 53.6 cm³/mol. The third kappa shape index (κ3) is 2.68. The fourth-order valence-electron chi connectivity index (χ4n) is 2.66. The van der Waals surface area contributed by atoms with Crippen LogP contribution in [-0.2, 0) is 0 Å². The summed E-state index contributed by atoms with van der Waals surface area (Å²) < 4.78 is 0. The summed E-state index contributed by atoms with van der Waals surface area (Å²) in [5.74, 6) is 0.876. The van der Waals surface area contributed by atoms with E-state index < -0.39 is 0 Å². The first kappa shape index (κ1) is 9.47. The summed E-state index contributed by atoms with van der Waals surface area (Å²) in [6, 6.07) is 0. The molecule has 0 spiro atoms. The van der Waals surface area contributed by atoms with E-state index in [1.54, 1.807) is 0 Å². The van der Waals surface area contributed by atoms with E-state index in [4.69, 9.17) is 0 Å². The molecule has 2 nitrogen and oxygen atoms in total. The third-order valence-electron chi connectivity index (χ3n) is 3.53. The first-order chi connectivity index (χ1) is 6.34. The van der Waals surface area contributed by atoms with Crippen molar-refractivity contribution in [3.05, 3.63) is 0 Å². The molecule has 0 atom stereocenters. The van der Waals surface area contributed by atoms with E-state index in [1.165, 1.54) is 45.3 Å². The van der Waals surface area contributed by atoms with Gasteiger partial charge in [-0.2, -0.15) is 0 Å². The largest absolute Gasteiger partial charge is 0.393 e. The average molecular weight is 183 g/mol. The molecule has 1 aliphatic heterocycles. The smallest absolute Gasteiger partial charge is 0.0540 e. The molecular formula is C11H21NO. The zero-order chi connectivity index (χ0) is 9.10. The normalized spacial score (nSPS) is 36.7. The third-order valence-corrected chi connectivity index (χ3v) is 3.53. The zero-order valence-corrected chi connectivity index (χ0v) is 8.41. The lowest BCUT2D eigenvalue weighted by Gasteiger charge is -2.28. The maximum absolute atomic E-state index is 9.37. The van der Waals surface area contributed by atoms with Gasteiger partial charge in [-0.3, -0.25) is 0 Å². The molecule has 0 bridgehead atoms. The summed E-state index contributed by atoms with van der Waals surface area (Å²) in [6.45, 7) is 3.94. The minimum Gasteiger partial charge on any atom is -0.393 e. The summed E-state index contributed by atoms with van der Waals surface area (Å²) in [7, 11) is 0. The first-order valence-corrected chi connectivity index (χ1v) is 5.75. The van der Waals surface area contributed by atoms with Gasteiger partial charge in [0, 0.05) is 6.54 Å². The predicted octanol–water partition coefficient (Wildman–Crippen LogP) is 1.63. The van der Waals surface area contributed by atoms with Crippen molar-refractivity contribution in [3.63, 3.8) is 0 Å². The fourth-order valence-corrected chi connectivity index (χ4v) is 2.66. The van der Waals surface area contributed by atoms with Crippen molar-refractivity contribution in [2.45, 2.75) is 44.6 Å². The number of hydrogen-bond acceptors (Lipinski definition) is 2. The van der Waals surface area contributed by atoms with Crippen LogP contribution >= 0.6 is 0 Å². The van der Waals surface area contributed by atoms with Crippen LogP contribution < -0.4 is 0 Å². The Balaban J connectivity index is 1.69. The molecule has 13 heavy (non-hydrogen) atoms. The van der Waals surface area contributed by atoms with Crippen LogP contribution in [0.25, 0.3) is 0 Å². The Morgan fingerprint density at radius 1 is 1.00 bits per heavy atom. The Bertz CT molecular complexity index is 146. The SMILES string of the molecule is OC1CCC(CN2CCCC2)CC1. The van der Waals surface area contributed by atoms with Gasteiger partial charge in [0.2, 0.25) is 0 Å².